The van der Waals surface area contributed by atoms with Crippen LogP contribution in [0.4, 0.5) is 0 Å². The van der Waals surface area contributed by atoms with Crippen molar-refractivity contribution in [1.29, 1.82) is 0 Å². The van der Waals surface area contributed by atoms with Crippen LogP contribution < -0.4 is 10.6 Å². The highest BCUT2D eigenvalue weighted by Gasteiger charge is 1.92. The fourth-order valence-electron chi connectivity index (χ4n) is 0.369. The number of rotatable bonds is 3. The molecule has 0 spiro atoms. The van der Waals surface area contributed by atoms with E-state index in [0.29, 0.717) is 12.1 Å². The number of imide groups is 1. The predicted octanol–water partition coefficient (Wildman–Crippen LogP) is -0.618. The second-order valence-electron chi connectivity index (χ2n) is 1.70. The maximum atomic E-state index is 10.6. The highest BCUT2D eigenvalue weighted by molar-refractivity contribution is 5.94. The van der Waals surface area contributed by atoms with Gasteiger partial charge in [0, 0.05) is 18.8 Å². The molecule has 0 rings (SSSR count). The van der Waals surface area contributed by atoms with Gasteiger partial charge < -0.3 is 5.32 Å². The first-order chi connectivity index (χ1) is 4.70. The lowest BCUT2D eigenvalue weighted by atomic mass is 10.4. The van der Waals surface area contributed by atoms with Gasteiger partial charge in [-0.15, -0.1) is 0 Å². The standard InChI is InChI=1S/C6H10N2O2/c1-5(7-2)3-6(10)8-4-9/h3-4,7H,1-2H3,(H,8,9,10)/b5-3-. The largest absolute Gasteiger partial charge is 0.391 e. The molecule has 0 unspecified atom stereocenters. The van der Waals surface area contributed by atoms with Crippen LogP contribution in [0.3, 0.4) is 0 Å². The molecule has 0 aliphatic rings. The normalized spacial score (nSPS) is 10.4. The Labute approximate surface area is 59.3 Å². The Morgan fingerprint density at radius 1 is 1.50 bits per heavy atom. The molecule has 0 radical (unpaired) electrons. The van der Waals surface area contributed by atoms with Crippen molar-refractivity contribution in [3.8, 4) is 0 Å². The molecule has 0 saturated carbocycles. The quantitative estimate of drug-likeness (QED) is 0.408. The van der Waals surface area contributed by atoms with Gasteiger partial charge in [-0.25, -0.2) is 0 Å². The van der Waals surface area contributed by atoms with Crippen LogP contribution in [0.1, 0.15) is 6.92 Å². The van der Waals surface area contributed by atoms with Gasteiger partial charge in [0.15, 0.2) is 0 Å². The fraction of sp³-hybridized carbons (Fsp3) is 0.333. The summed E-state index contributed by atoms with van der Waals surface area (Å²) in [5.41, 5.74) is 0.708. The zero-order valence-electron chi connectivity index (χ0n) is 5.97. The summed E-state index contributed by atoms with van der Waals surface area (Å²) in [5.74, 6) is -0.415. The number of carbonyl (C=O) groups excluding carboxylic acids is 2. The van der Waals surface area contributed by atoms with E-state index in [-0.39, 0.29) is 0 Å². The third kappa shape index (κ3) is 3.65. The number of hydrogen-bond acceptors (Lipinski definition) is 3. The van der Waals surface area contributed by atoms with E-state index in [2.05, 4.69) is 5.32 Å². The van der Waals surface area contributed by atoms with Crippen molar-refractivity contribution in [1.82, 2.24) is 10.6 Å². The lowest BCUT2D eigenvalue weighted by Crippen LogP contribution is -2.20. The molecule has 0 fully saturated rings. The topological polar surface area (TPSA) is 58.2 Å². The van der Waals surface area contributed by atoms with Gasteiger partial charge in [0.1, 0.15) is 0 Å². The highest BCUT2D eigenvalue weighted by atomic mass is 16.2. The maximum absolute atomic E-state index is 10.6. The van der Waals surface area contributed by atoms with Crippen molar-refractivity contribution < 1.29 is 9.59 Å². The summed E-state index contributed by atoms with van der Waals surface area (Å²) < 4.78 is 0. The van der Waals surface area contributed by atoms with Crippen LogP contribution in [0, 0.1) is 0 Å². The average molecular weight is 142 g/mol. The zero-order valence-corrected chi connectivity index (χ0v) is 5.97. The second kappa shape index (κ2) is 4.55. The molecule has 0 saturated heterocycles. The van der Waals surface area contributed by atoms with Crippen LogP contribution in [0.2, 0.25) is 0 Å². The monoisotopic (exact) mass is 142 g/mol. The molecule has 4 nitrogen and oxygen atoms in total. The summed E-state index contributed by atoms with van der Waals surface area (Å²) in [6.07, 6.45) is 1.65. The van der Waals surface area contributed by atoms with Crippen molar-refractivity contribution in [3.05, 3.63) is 11.8 Å². The van der Waals surface area contributed by atoms with Crippen LogP contribution in [0.5, 0.6) is 0 Å². The van der Waals surface area contributed by atoms with Crippen LogP contribution in [-0.4, -0.2) is 19.4 Å². The summed E-state index contributed by atoms with van der Waals surface area (Å²) in [6, 6.07) is 0. The van der Waals surface area contributed by atoms with Crippen molar-refractivity contribution in [3.63, 3.8) is 0 Å². The Morgan fingerprint density at radius 3 is 2.50 bits per heavy atom. The van der Waals surface area contributed by atoms with Crippen LogP contribution >= 0.6 is 0 Å². The summed E-state index contributed by atoms with van der Waals surface area (Å²) in [7, 11) is 1.69. The van der Waals surface area contributed by atoms with Crippen LogP contribution in [-0.2, 0) is 9.59 Å². The summed E-state index contributed by atoms with van der Waals surface area (Å²) in [6.45, 7) is 1.73. The molecule has 0 bridgehead atoms. The third-order valence-corrected chi connectivity index (χ3v) is 0.943. The van der Waals surface area contributed by atoms with E-state index in [1.165, 1.54) is 6.08 Å². The van der Waals surface area contributed by atoms with E-state index >= 15 is 0 Å². The first-order valence-corrected chi connectivity index (χ1v) is 2.81. The predicted molar refractivity (Wildman–Crippen MR) is 37.0 cm³/mol. The van der Waals surface area contributed by atoms with E-state index in [0.717, 1.165) is 0 Å². The Hall–Kier alpha value is -1.32. The smallest absolute Gasteiger partial charge is 0.252 e. The fourth-order valence-corrected chi connectivity index (χ4v) is 0.369. The number of allylic oxidation sites excluding steroid dienone is 1. The molecule has 0 aliphatic carbocycles. The minimum atomic E-state index is -0.415. The maximum Gasteiger partial charge on any atom is 0.252 e. The first-order valence-electron chi connectivity index (χ1n) is 2.81. The number of carbonyl (C=O) groups is 2. The number of nitrogens with one attached hydrogen (secondary N) is 2. The molecule has 2 amide bonds. The summed E-state index contributed by atoms with van der Waals surface area (Å²) >= 11 is 0. The minimum Gasteiger partial charge on any atom is -0.391 e. The Bertz CT molecular complexity index is 163. The average Bonchev–Trinajstić information content (AvgIpc) is 1.88. The van der Waals surface area contributed by atoms with Gasteiger partial charge >= 0.3 is 0 Å². The van der Waals surface area contributed by atoms with E-state index in [1.54, 1.807) is 14.0 Å². The molecule has 0 aromatic rings. The lowest BCUT2D eigenvalue weighted by Gasteiger charge is -1.95. The van der Waals surface area contributed by atoms with Crippen LogP contribution in [0.15, 0.2) is 11.8 Å². The van der Waals surface area contributed by atoms with E-state index in [9.17, 15) is 9.59 Å². The molecule has 56 valence electrons. The summed E-state index contributed by atoms with van der Waals surface area (Å²) in [4.78, 5) is 20.3. The molecular weight excluding hydrogens is 132 g/mol. The highest BCUT2D eigenvalue weighted by Crippen LogP contribution is 1.81. The Kier molecular flexibility index (Phi) is 3.95. The molecule has 4 heteroatoms. The van der Waals surface area contributed by atoms with Crippen molar-refractivity contribution >= 4 is 12.3 Å². The lowest BCUT2D eigenvalue weighted by molar-refractivity contribution is -0.121. The van der Waals surface area contributed by atoms with Gasteiger partial charge in [-0.1, -0.05) is 0 Å². The number of hydrogen-bond donors (Lipinski definition) is 2. The minimum absolute atomic E-state index is 0.349. The molecule has 0 aromatic heterocycles. The van der Waals surface area contributed by atoms with E-state index in [4.69, 9.17) is 0 Å². The van der Waals surface area contributed by atoms with Crippen molar-refractivity contribution in [2.75, 3.05) is 7.05 Å². The molecule has 2 N–H and O–H groups in total. The first kappa shape index (κ1) is 8.68. The van der Waals surface area contributed by atoms with Gasteiger partial charge in [0.25, 0.3) is 5.91 Å². The molecule has 0 heterocycles. The molecule has 0 aromatic carbocycles. The Balaban J connectivity index is 3.86. The van der Waals surface area contributed by atoms with Crippen LogP contribution in [0.25, 0.3) is 0 Å². The van der Waals surface area contributed by atoms with E-state index in [1.807, 2.05) is 5.32 Å². The van der Waals surface area contributed by atoms with Crippen molar-refractivity contribution in [2.24, 2.45) is 0 Å². The van der Waals surface area contributed by atoms with Gasteiger partial charge in [0.05, 0.1) is 0 Å². The summed E-state index contributed by atoms with van der Waals surface area (Å²) in [5, 5.41) is 4.71. The van der Waals surface area contributed by atoms with E-state index < -0.39 is 5.91 Å². The molecular formula is C6H10N2O2. The third-order valence-electron chi connectivity index (χ3n) is 0.943. The van der Waals surface area contributed by atoms with Gasteiger partial charge in [-0.3, -0.25) is 14.9 Å². The molecule has 0 aliphatic heterocycles. The zero-order chi connectivity index (χ0) is 7.98. The second-order valence-corrected chi connectivity index (χ2v) is 1.70. The van der Waals surface area contributed by atoms with Crippen molar-refractivity contribution in [2.45, 2.75) is 6.92 Å². The number of amides is 2. The molecule has 10 heavy (non-hydrogen) atoms. The van der Waals surface area contributed by atoms with Gasteiger partial charge in [-0.2, -0.15) is 0 Å². The van der Waals surface area contributed by atoms with Gasteiger partial charge in [0.2, 0.25) is 6.41 Å². The Morgan fingerprint density at radius 2 is 2.10 bits per heavy atom. The van der Waals surface area contributed by atoms with Gasteiger partial charge in [-0.05, 0) is 6.92 Å². The molecule has 0 atom stereocenters. The SMILES string of the molecule is CN/C(C)=C\C(=O)NC=O.